The molecular weight excluding hydrogens is 400 g/mol. The number of rotatable bonds is 4. The fourth-order valence-electron chi connectivity index (χ4n) is 3.02. The minimum absolute atomic E-state index is 0.0617. The second-order valence-corrected chi connectivity index (χ2v) is 8.17. The highest BCUT2D eigenvalue weighted by Crippen LogP contribution is 2.32. The lowest BCUT2D eigenvalue weighted by molar-refractivity contribution is -0.137. The van der Waals surface area contributed by atoms with E-state index >= 15 is 0 Å². The summed E-state index contributed by atoms with van der Waals surface area (Å²) in [6.45, 7) is 0.594. The molecule has 0 bridgehead atoms. The Morgan fingerprint density at radius 2 is 1.68 bits per heavy atom. The van der Waals surface area contributed by atoms with Crippen molar-refractivity contribution in [3.63, 3.8) is 0 Å². The molecule has 0 aromatic heterocycles. The number of methoxy groups -OCH3 is 1. The lowest BCUT2D eigenvalue weighted by atomic mass is 10.1. The van der Waals surface area contributed by atoms with E-state index in [1.807, 2.05) is 0 Å². The van der Waals surface area contributed by atoms with Crippen molar-refractivity contribution in [3.8, 4) is 5.75 Å². The summed E-state index contributed by atoms with van der Waals surface area (Å²) in [6, 6.07) is 8.30. The molecule has 0 atom stereocenters. The molecule has 1 heterocycles. The molecule has 0 unspecified atom stereocenters. The summed E-state index contributed by atoms with van der Waals surface area (Å²) in [4.78, 5) is 1.49. The van der Waals surface area contributed by atoms with Crippen LogP contribution < -0.4 is 9.64 Å². The van der Waals surface area contributed by atoms with Gasteiger partial charge in [0, 0.05) is 31.9 Å². The van der Waals surface area contributed by atoms with E-state index in [1.165, 1.54) is 29.6 Å². The third-order valence-electron chi connectivity index (χ3n) is 4.54. The average Bonchev–Trinajstić information content (AvgIpc) is 2.67. The van der Waals surface area contributed by atoms with Crippen molar-refractivity contribution in [3.05, 3.63) is 53.8 Å². The summed E-state index contributed by atoms with van der Waals surface area (Å²) in [6.07, 6.45) is -4.44. The second-order valence-electron chi connectivity index (χ2n) is 6.24. The molecule has 0 N–H and O–H groups in total. The number of halogens is 4. The van der Waals surface area contributed by atoms with Crippen molar-refractivity contribution in [1.29, 1.82) is 0 Å². The van der Waals surface area contributed by atoms with E-state index in [4.69, 9.17) is 4.74 Å². The van der Waals surface area contributed by atoms with Gasteiger partial charge in [-0.3, -0.25) is 0 Å². The molecule has 1 aliphatic heterocycles. The van der Waals surface area contributed by atoms with Crippen LogP contribution in [0.3, 0.4) is 0 Å². The van der Waals surface area contributed by atoms with Gasteiger partial charge in [-0.05, 0) is 36.4 Å². The predicted molar refractivity (Wildman–Crippen MR) is 95.4 cm³/mol. The molecule has 1 fully saturated rings. The topological polar surface area (TPSA) is 49.9 Å². The van der Waals surface area contributed by atoms with E-state index < -0.39 is 27.6 Å². The zero-order chi connectivity index (χ0) is 20.5. The second kappa shape index (κ2) is 7.59. The van der Waals surface area contributed by atoms with Crippen LogP contribution in [0.5, 0.6) is 5.75 Å². The number of anilines is 1. The van der Waals surface area contributed by atoms with Crippen molar-refractivity contribution in [1.82, 2.24) is 4.31 Å². The fraction of sp³-hybridized carbons (Fsp3) is 0.333. The van der Waals surface area contributed by atoms with Crippen LogP contribution in [-0.2, 0) is 16.2 Å². The molecule has 0 amide bonds. The van der Waals surface area contributed by atoms with Crippen LogP contribution in [0.2, 0.25) is 0 Å². The molecule has 0 aliphatic carbocycles. The van der Waals surface area contributed by atoms with Crippen LogP contribution in [-0.4, -0.2) is 46.0 Å². The van der Waals surface area contributed by atoms with Gasteiger partial charge in [0.2, 0.25) is 10.0 Å². The van der Waals surface area contributed by atoms with Gasteiger partial charge >= 0.3 is 6.18 Å². The van der Waals surface area contributed by atoms with Crippen molar-refractivity contribution < 1.29 is 30.7 Å². The van der Waals surface area contributed by atoms with Gasteiger partial charge in [0.05, 0.1) is 17.6 Å². The lowest BCUT2D eigenvalue weighted by Crippen LogP contribution is -2.48. The molecular formula is C18H18F4N2O3S. The number of nitrogens with zero attached hydrogens (tertiary/aromatic N) is 2. The average molecular weight is 418 g/mol. The van der Waals surface area contributed by atoms with Crippen molar-refractivity contribution in [2.75, 3.05) is 38.2 Å². The highest BCUT2D eigenvalue weighted by Gasteiger charge is 2.32. The van der Waals surface area contributed by atoms with Gasteiger partial charge in [0.25, 0.3) is 0 Å². The number of benzene rings is 2. The van der Waals surface area contributed by atoms with E-state index in [1.54, 1.807) is 11.0 Å². The predicted octanol–water partition coefficient (Wildman–Crippen LogP) is 3.36. The summed E-state index contributed by atoms with van der Waals surface area (Å²) < 4.78 is 83.9. The Morgan fingerprint density at radius 3 is 2.25 bits per heavy atom. The van der Waals surface area contributed by atoms with Gasteiger partial charge in [-0.2, -0.15) is 17.5 Å². The van der Waals surface area contributed by atoms with Crippen molar-refractivity contribution in [2.45, 2.75) is 11.1 Å². The number of piperazine rings is 1. The van der Waals surface area contributed by atoms with Crippen LogP contribution >= 0.6 is 0 Å². The van der Waals surface area contributed by atoms with Crippen LogP contribution in [0.25, 0.3) is 0 Å². The Morgan fingerprint density at radius 1 is 1.00 bits per heavy atom. The molecule has 5 nitrogen and oxygen atoms in total. The molecule has 0 radical (unpaired) electrons. The van der Waals surface area contributed by atoms with Gasteiger partial charge in [0.1, 0.15) is 0 Å². The molecule has 152 valence electrons. The number of alkyl halides is 3. The lowest BCUT2D eigenvalue weighted by Gasteiger charge is -2.35. The summed E-state index contributed by atoms with van der Waals surface area (Å²) in [5, 5.41) is 0. The molecule has 1 aliphatic rings. The Labute approximate surface area is 160 Å². The Balaban J connectivity index is 1.74. The Hall–Kier alpha value is -2.33. The Kier molecular flexibility index (Phi) is 5.53. The third kappa shape index (κ3) is 4.07. The first-order valence-electron chi connectivity index (χ1n) is 8.39. The quantitative estimate of drug-likeness (QED) is 0.715. The Bertz CT molecular complexity index is 956. The van der Waals surface area contributed by atoms with Gasteiger partial charge in [-0.15, -0.1) is 0 Å². The minimum atomic E-state index is -4.44. The SMILES string of the molecule is COc1ccc(S(=O)(=O)N2CCN(c3cccc(C(F)(F)F)c3)CC2)cc1F. The molecule has 1 saturated heterocycles. The van der Waals surface area contributed by atoms with E-state index in [-0.39, 0.29) is 36.8 Å². The number of hydrogen-bond acceptors (Lipinski definition) is 4. The van der Waals surface area contributed by atoms with Crippen LogP contribution in [0.4, 0.5) is 23.2 Å². The van der Waals surface area contributed by atoms with Gasteiger partial charge in [-0.25, -0.2) is 12.8 Å². The molecule has 28 heavy (non-hydrogen) atoms. The van der Waals surface area contributed by atoms with E-state index in [0.717, 1.165) is 18.2 Å². The molecule has 0 saturated carbocycles. The zero-order valence-electron chi connectivity index (χ0n) is 14.9. The molecule has 10 heteroatoms. The van der Waals surface area contributed by atoms with Gasteiger partial charge < -0.3 is 9.64 Å². The van der Waals surface area contributed by atoms with E-state index in [9.17, 15) is 26.0 Å². The van der Waals surface area contributed by atoms with Crippen molar-refractivity contribution in [2.24, 2.45) is 0 Å². The zero-order valence-corrected chi connectivity index (χ0v) is 15.7. The van der Waals surface area contributed by atoms with Crippen LogP contribution in [0.15, 0.2) is 47.4 Å². The molecule has 3 rings (SSSR count). The fourth-order valence-corrected chi connectivity index (χ4v) is 4.46. The molecule has 2 aromatic carbocycles. The largest absolute Gasteiger partial charge is 0.494 e. The highest BCUT2D eigenvalue weighted by molar-refractivity contribution is 7.89. The number of sulfonamides is 1. The summed E-state index contributed by atoms with van der Waals surface area (Å²) >= 11 is 0. The van der Waals surface area contributed by atoms with Crippen molar-refractivity contribution >= 4 is 15.7 Å². The number of ether oxygens (including phenoxy) is 1. The van der Waals surface area contributed by atoms with E-state index in [0.29, 0.717) is 5.69 Å². The standard InChI is InChI=1S/C18H18F4N2O3S/c1-27-17-6-5-15(12-16(17)19)28(25,26)24-9-7-23(8-10-24)14-4-2-3-13(11-14)18(20,21)22/h2-6,11-12H,7-10H2,1H3. The van der Waals surface area contributed by atoms with Crippen LogP contribution in [0.1, 0.15) is 5.56 Å². The van der Waals surface area contributed by atoms with E-state index in [2.05, 4.69) is 0 Å². The van der Waals surface area contributed by atoms with Gasteiger partial charge in [0.15, 0.2) is 11.6 Å². The first-order chi connectivity index (χ1) is 13.1. The van der Waals surface area contributed by atoms with Crippen LogP contribution in [0, 0.1) is 5.82 Å². The molecule has 2 aromatic rings. The minimum Gasteiger partial charge on any atom is -0.494 e. The third-order valence-corrected chi connectivity index (χ3v) is 6.43. The maximum absolute atomic E-state index is 13.9. The summed E-state index contributed by atoms with van der Waals surface area (Å²) in [5.74, 6) is -0.848. The molecule has 0 spiro atoms. The summed E-state index contributed by atoms with van der Waals surface area (Å²) in [5.41, 5.74) is -0.379. The first-order valence-corrected chi connectivity index (χ1v) is 9.83. The smallest absolute Gasteiger partial charge is 0.416 e. The maximum Gasteiger partial charge on any atom is 0.416 e. The normalized spacial score (nSPS) is 16.2. The summed E-state index contributed by atoms with van der Waals surface area (Å²) in [7, 11) is -2.64. The number of hydrogen-bond donors (Lipinski definition) is 0. The monoisotopic (exact) mass is 418 g/mol. The first kappa shape index (κ1) is 20.4. The maximum atomic E-state index is 13.9. The van der Waals surface area contributed by atoms with Gasteiger partial charge in [-0.1, -0.05) is 6.07 Å². The highest BCUT2D eigenvalue weighted by atomic mass is 32.2.